The Bertz CT molecular complexity index is 68.6. The van der Waals surface area contributed by atoms with Crippen LogP contribution in [0.5, 0.6) is 0 Å². The molecule has 0 bridgehead atoms. The van der Waals surface area contributed by atoms with Crippen molar-refractivity contribution < 1.29 is 4.74 Å². The van der Waals surface area contributed by atoms with Gasteiger partial charge in [-0.1, -0.05) is 13.8 Å². The molecule has 0 aromatic heterocycles. The fourth-order valence-electron chi connectivity index (χ4n) is 0.446. The topological polar surface area (TPSA) is 35.2 Å². The number of rotatable bonds is 4. The van der Waals surface area contributed by atoms with E-state index in [1.54, 1.807) is 0 Å². The van der Waals surface area contributed by atoms with Crippen LogP contribution in [0.1, 0.15) is 20.8 Å². The van der Waals surface area contributed by atoms with E-state index in [2.05, 4.69) is 13.8 Å². The molecule has 1 unspecified atom stereocenters. The van der Waals surface area contributed by atoms with Crippen LogP contribution in [0, 0.1) is 5.92 Å². The molecule has 2 N–H and O–H groups in total. The lowest BCUT2D eigenvalue weighted by Gasteiger charge is -2.14. The molecular weight excluding hydrogens is 150 g/mol. The zero-order valence-electron chi connectivity index (χ0n) is 6.96. The lowest BCUT2D eigenvalue weighted by Crippen LogP contribution is -2.31. The van der Waals surface area contributed by atoms with Crippen molar-refractivity contribution in [3.05, 3.63) is 0 Å². The van der Waals surface area contributed by atoms with E-state index in [4.69, 9.17) is 10.5 Å². The number of ether oxygens (including phenoxy) is 1. The van der Waals surface area contributed by atoms with Crippen molar-refractivity contribution in [2.24, 2.45) is 11.7 Å². The molecule has 0 amide bonds. The van der Waals surface area contributed by atoms with Crippen LogP contribution in [0.15, 0.2) is 0 Å². The molecule has 0 aromatic rings. The Kier molecular flexibility index (Phi) is 9.40. The van der Waals surface area contributed by atoms with Gasteiger partial charge in [0.15, 0.2) is 0 Å². The first-order valence-corrected chi connectivity index (χ1v) is 3.51. The largest absolute Gasteiger partial charge is 0.380 e. The predicted molar refractivity (Wildman–Crippen MR) is 46.6 cm³/mol. The average molecular weight is 168 g/mol. The van der Waals surface area contributed by atoms with Crippen LogP contribution in [-0.4, -0.2) is 19.3 Å². The second-order valence-corrected chi connectivity index (χ2v) is 2.57. The molecule has 0 aliphatic carbocycles. The maximum atomic E-state index is 5.68. The molecule has 0 rings (SSSR count). The van der Waals surface area contributed by atoms with Gasteiger partial charge in [0.25, 0.3) is 0 Å². The summed E-state index contributed by atoms with van der Waals surface area (Å²) >= 11 is 0. The average Bonchev–Trinajstić information content (AvgIpc) is 1.82. The summed E-state index contributed by atoms with van der Waals surface area (Å²) in [6.07, 6.45) is 0. The van der Waals surface area contributed by atoms with Gasteiger partial charge >= 0.3 is 0 Å². The molecule has 0 saturated heterocycles. The van der Waals surface area contributed by atoms with Crippen molar-refractivity contribution >= 4 is 12.4 Å². The van der Waals surface area contributed by atoms with Crippen molar-refractivity contribution in [3.63, 3.8) is 0 Å². The Morgan fingerprint density at radius 3 is 2.20 bits per heavy atom. The van der Waals surface area contributed by atoms with Crippen LogP contribution in [0.3, 0.4) is 0 Å². The third-order valence-electron chi connectivity index (χ3n) is 1.37. The Balaban J connectivity index is 0. The summed E-state index contributed by atoms with van der Waals surface area (Å²) in [7, 11) is 0. The highest BCUT2D eigenvalue weighted by molar-refractivity contribution is 5.85. The van der Waals surface area contributed by atoms with Crippen molar-refractivity contribution in [2.75, 3.05) is 13.2 Å². The molecule has 2 nitrogen and oxygen atoms in total. The zero-order chi connectivity index (χ0) is 7.28. The smallest absolute Gasteiger partial charge is 0.0619 e. The van der Waals surface area contributed by atoms with E-state index < -0.39 is 0 Å². The van der Waals surface area contributed by atoms with Crippen LogP contribution in [-0.2, 0) is 4.74 Å². The van der Waals surface area contributed by atoms with Gasteiger partial charge in [-0.25, -0.2) is 0 Å². The summed E-state index contributed by atoms with van der Waals surface area (Å²) in [5.74, 6) is 0.525. The van der Waals surface area contributed by atoms with E-state index in [9.17, 15) is 0 Å². The van der Waals surface area contributed by atoms with Gasteiger partial charge in [-0.2, -0.15) is 0 Å². The second-order valence-electron chi connectivity index (χ2n) is 2.57. The third-order valence-corrected chi connectivity index (χ3v) is 1.37. The van der Waals surface area contributed by atoms with Gasteiger partial charge < -0.3 is 10.5 Å². The van der Waals surface area contributed by atoms with Crippen LogP contribution < -0.4 is 5.73 Å². The third kappa shape index (κ3) is 6.33. The van der Waals surface area contributed by atoms with Crippen LogP contribution in [0.2, 0.25) is 0 Å². The van der Waals surface area contributed by atoms with E-state index in [1.807, 2.05) is 6.92 Å². The molecule has 0 spiro atoms. The second kappa shape index (κ2) is 7.32. The highest BCUT2D eigenvalue weighted by Crippen LogP contribution is 1.97. The van der Waals surface area contributed by atoms with Gasteiger partial charge in [0.05, 0.1) is 6.61 Å². The Hall–Kier alpha value is 0.210. The molecule has 1 atom stereocenters. The van der Waals surface area contributed by atoms with E-state index in [1.165, 1.54) is 0 Å². The standard InChI is InChI=1S/C7H17NO.ClH/c1-4-9-5-7(8)6(2)3;/h6-7H,4-5,8H2,1-3H3;1H. The molecule has 0 radical (unpaired) electrons. The summed E-state index contributed by atoms with van der Waals surface area (Å²) in [6.45, 7) is 7.63. The molecule has 0 fully saturated rings. The van der Waals surface area contributed by atoms with E-state index in [0.717, 1.165) is 6.61 Å². The highest BCUT2D eigenvalue weighted by Gasteiger charge is 2.05. The molecule has 0 saturated carbocycles. The van der Waals surface area contributed by atoms with Crippen molar-refractivity contribution in [3.8, 4) is 0 Å². The fourth-order valence-corrected chi connectivity index (χ4v) is 0.446. The Labute approximate surface area is 69.5 Å². The summed E-state index contributed by atoms with van der Waals surface area (Å²) < 4.78 is 5.13. The lowest BCUT2D eigenvalue weighted by atomic mass is 10.1. The minimum absolute atomic E-state index is 0. The van der Waals surface area contributed by atoms with E-state index in [0.29, 0.717) is 12.5 Å². The minimum Gasteiger partial charge on any atom is -0.380 e. The number of halogens is 1. The maximum Gasteiger partial charge on any atom is 0.0619 e. The first-order valence-electron chi connectivity index (χ1n) is 3.51. The van der Waals surface area contributed by atoms with Gasteiger partial charge in [0.2, 0.25) is 0 Å². The van der Waals surface area contributed by atoms with Gasteiger partial charge in [-0.05, 0) is 12.8 Å². The Morgan fingerprint density at radius 1 is 1.40 bits per heavy atom. The highest BCUT2D eigenvalue weighted by atomic mass is 35.5. The first-order chi connectivity index (χ1) is 4.18. The maximum absolute atomic E-state index is 5.68. The molecule has 0 heterocycles. The fraction of sp³-hybridized carbons (Fsp3) is 1.00. The normalized spacial score (nSPS) is 12.9. The molecule has 10 heavy (non-hydrogen) atoms. The van der Waals surface area contributed by atoms with E-state index >= 15 is 0 Å². The molecule has 0 aliphatic rings. The summed E-state index contributed by atoms with van der Waals surface area (Å²) in [4.78, 5) is 0. The first kappa shape index (κ1) is 12.8. The van der Waals surface area contributed by atoms with Crippen molar-refractivity contribution in [1.82, 2.24) is 0 Å². The van der Waals surface area contributed by atoms with Crippen LogP contribution >= 0.6 is 12.4 Å². The number of nitrogens with two attached hydrogens (primary N) is 1. The van der Waals surface area contributed by atoms with Gasteiger partial charge in [0.1, 0.15) is 0 Å². The zero-order valence-corrected chi connectivity index (χ0v) is 7.78. The predicted octanol–water partition coefficient (Wildman–Crippen LogP) is 1.43. The molecule has 3 heteroatoms. The molecular formula is C7H18ClNO. The number of hydrogen-bond donors (Lipinski definition) is 1. The molecule has 0 aromatic carbocycles. The number of hydrogen-bond acceptors (Lipinski definition) is 2. The lowest BCUT2D eigenvalue weighted by molar-refractivity contribution is 0.121. The molecule has 0 aliphatic heterocycles. The quantitative estimate of drug-likeness (QED) is 0.688. The van der Waals surface area contributed by atoms with Crippen LogP contribution in [0.4, 0.5) is 0 Å². The Morgan fingerprint density at radius 2 is 1.90 bits per heavy atom. The van der Waals surface area contributed by atoms with Crippen LogP contribution in [0.25, 0.3) is 0 Å². The SMILES string of the molecule is CCOCC(N)C(C)C.Cl. The van der Waals surface area contributed by atoms with Gasteiger partial charge in [-0.3, -0.25) is 0 Å². The van der Waals surface area contributed by atoms with E-state index in [-0.39, 0.29) is 18.4 Å². The minimum atomic E-state index is 0. The summed E-state index contributed by atoms with van der Waals surface area (Å²) in [5, 5.41) is 0. The summed E-state index contributed by atoms with van der Waals surface area (Å²) in [6, 6.07) is 0.199. The van der Waals surface area contributed by atoms with Crippen molar-refractivity contribution in [1.29, 1.82) is 0 Å². The monoisotopic (exact) mass is 167 g/mol. The van der Waals surface area contributed by atoms with Gasteiger partial charge in [-0.15, -0.1) is 12.4 Å². The van der Waals surface area contributed by atoms with Crippen molar-refractivity contribution in [2.45, 2.75) is 26.8 Å². The molecule has 64 valence electrons. The summed E-state index contributed by atoms with van der Waals surface area (Å²) in [5.41, 5.74) is 5.68. The van der Waals surface area contributed by atoms with Gasteiger partial charge in [0, 0.05) is 12.6 Å².